The molecule has 2 aromatic heterocycles. The van der Waals surface area contributed by atoms with Crippen LogP contribution in [-0.2, 0) is 7.05 Å². The fourth-order valence-corrected chi connectivity index (χ4v) is 2.02. The van der Waals surface area contributed by atoms with Crippen LogP contribution in [0.1, 0.15) is 0 Å². The highest BCUT2D eigenvalue weighted by atomic mass is 35.5. The van der Waals surface area contributed by atoms with Gasteiger partial charge in [-0.05, 0) is 0 Å². The average Bonchev–Trinajstić information content (AvgIpc) is 2.86. The van der Waals surface area contributed by atoms with E-state index in [2.05, 4.69) is 15.1 Å². The largest absolute Gasteiger partial charge is 0.275 e. The lowest BCUT2D eigenvalue weighted by Crippen LogP contribution is -1.92. The van der Waals surface area contributed by atoms with Crippen LogP contribution in [-0.4, -0.2) is 19.7 Å². The zero-order chi connectivity index (χ0) is 13.2. The average molecular weight is 271 g/mol. The van der Waals surface area contributed by atoms with Gasteiger partial charge in [0.05, 0.1) is 11.9 Å². The summed E-state index contributed by atoms with van der Waals surface area (Å²) in [5.74, 6) is 0.618. The third kappa shape index (κ3) is 2.48. The fourth-order valence-electron chi connectivity index (χ4n) is 1.84. The van der Waals surface area contributed by atoms with Crippen LogP contribution in [0.3, 0.4) is 0 Å². The minimum absolute atomic E-state index is 0.424. The van der Waals surface area contributed by atoms with Crippen molar-refractivity contribution >= 4 is 11.6 Å². The number of halogens is 1. The van der Waals surface area contributed by atoms with Gasteiger partial charge < -0.3 is 0 Å². The molecule has 0 bridgehead atoms. The molecule has 0 aliphatic rings. The van der Waals surface area contributed by atoms with E-state index < -0.39 is 0 Å². The molecule has 94 valence electrons. The van der Waals surface area contributed by atoms with E-state index in [1.807, 2.05) is 43.6 Å². The van der Waals surface area contributed by atoms with Gasteiger partial charge in [0.15, 0.2) is 5.82 Å². The van der Waals surface area contributed by atoms with E-state index >= 15 is 0 Å². The number of aromatic nitrogens is 4. The third-order valence-electron chi connectivity index (χ3n) is 2.73. The Bertz CT molecular complexity index is 706. The van der Waals surface area contributed by atoms with Gasteiger partial charge in [-0.25, -0.2) is 9.97 Å². The maximum atomic E-state index is 6.08. The Labute approximate surface area is 115 Å². The second kappa shape index (κ2) is 4.82. The highest BCUT2D eigenvalue weighted by molar-refractivity contribution is 6.29. The van der Waals surface area contributed by atoms with Crippen LogP contribution in [0.2, 0.25) is 5.15 Å². The molecule has 0 saturated heterocycles. The minimum Gasteiger partial charge on any atom is -0.275 e. The topological polar surface area (TPSA) is 43.6 Å². The third-order valence-corrected chi connectivity index (χ3v) is 2.92. The number of nitrogens with zero attached hydrogens (tertiary/aromatic N) is 4. The first-order chi connectivity index (χ1) is 9.22. The predicted octanol–water partition coefficient (Wildman–Crippen LogP) is 3.20. The van der Waals surface area contributed by atoms with Crippen molar-refractivity contribution in [2.24, 2.45) is 7.05 Å². The van der Waals surface area contributed by atoms with E-state index in [-0.39, 0.29) is 0 Å². The molecular formula is C14H11ClN4. The number of aryl methyl sites for hydroxylation is 1. The molecule has 0 unspecified atom stereocenters. The van der Waals surface area contributed by atoms with Crippen LogP contribution >= 0.6 is 11.6 Å². The Morgan fingerprint density at radius 3 is 2.53 bits per heavy atom. The van der Waals surface area contributed by atoms with Gasteiger partial charge in [-0.1, -0.05) is 41.9 Å². The molecule has 3 aromatic rings. The first kappa shape index (κ1) is 11.9. The summed E-state index contributed by atoms with van der Waals surface area (Å²) in [5, 5.41) is 4.56. The summed E-state index contributed by atoms with van der Waals surface area (Å²) in [4.78, 5) is 8.80. The lowest BCUT2D eigenvalue weighted by atomic mass is 10.2. The van der Waals surface area contributed by atoms with Gasteiger partial charge >= 0.3 is 0 Å². The van der Waals surface area contributed by atoms with Crippen LogP contribution in [0.4, 0.5) is 0 Å². The van der Waals surface area contributed by atoms with Gasteiger partial charge in [-0.15, -0.1) is 0 Å². The Kier molecular flexibility index (Phi) is 3.01. The molecule has 0 radical (unpaired) electrons. The molecule has 19 heavy (non-hydrogen) atoms. The SMILES string of the molecule is Cn1cc(-c2cc(Cl)nc(-c3ccccc3)n2)cn1. The molecule has 0 aliphatic carbocycles. The van der Waals surface area contributed by atoms with E-state index in [9.17, 15) is 0 Å². The van der Waals surface area contributed by atoms with Gasteiger partial charge in [0.1, 0.15) is 5.15 Å². The standard InChI is InChI=1S/C14H11ClN4/c1-19-9-11(8-16-19)12-7-13(15)18-14(17-12)10-5-3-2-4-6-10/h2-9H,1H3. The van der Waals surface area contributed by atoms with E-state index in [0.29, 0.717) is 11.0 Å². The molecule has 5 heteroatoms. The minimum atomic E-state index is 0.424. The van der Waals surface area contributed by atoms with Crippen molar-refractivity contribution in [2.75, 3.05) is 0 Å². The Morgan fingerprint density at radius 1 is 1.05 bits per heavy atom. The summed E-state index contributed by atoms with van der Waals surface area (Å²) in [6, 6.07) is 11.5. The highest BCUT2D eigenvalue weighted by Crippen LogP contribution is 2.23. The van der Waals surface area contributed by atoms with E-state index in [4.69, 9.17) is 11.6 Å². The Morgan fingerprint density at radius 2 is 1.84 bits per heavy atom. The quantitative estimate of drug-likeness (QED) is 0.672. The summed E-state index contributed by atoms with van der Waals surface area (Å²) in [5.41, 5.74) is 2.63. The molecule has 2 heterocycles. The fraction of sp³-hybridized carbons (Fsp3) is 0.0714. The lowest BCUT2D eigenvalue weighted by Gasteiger charge is -2.03. The van der Waals surface area contributed by atoms with Crippen LogP contribution in [0.15, 0.2) is 48.8 Å². The number of hydrogen-bond acceptors (Lipinski definition) is 3. The molecule has 0 aliphatic heterocycles. The summed E-state index contributed by atoms with van der Waals surface area (Å²) < 4.78 is 1.73. The van der Waals surface area contributed by atoms with Crippen molar-refractivity contribution in [3.63, 3.8) is 0 Å². The first-order valence-electron chi connectivity index (χ1n) is 5.81. The zero-order valence-electron chi connectivity index (χ0n) is 10.3. The highest BCUT2D eigenvalue weighted by Gasteiger charge is 2.08. The maximum Gasteiger partial charge on any atom is 0.161 e. The van der Waals surface area contributed by atoms with E-state index in [0.717, 1.165) is 16.8 Å². The summed E-state index contributed by atoms with van der Waals surface area (Å²) in [6.45, 7) is 0. The number of rotatable bonds is 2. The zero-order valence-corrected chi connectivity index (χ0v) is 11.0. The summed E-state index contributed by atoms with van der Waals surface area (Å²) >= 11 is 6.08. The summed E-state index contributed by atoms with van der Waals surface area (Å²) in [7, 11) is 1.87. The molecule has 4 nitrogen and oxygen atoms in total. The van der Waals surface area contributed by atoms with E-state index in [1.54, 1.807) is 16.9 Å². The molecule has 1 aromatic carbocycles. The van der Waals surface area contributed by atoms with Crippen LogP contribution in [0.25, 0.3) is 22.6 Å². The molecule has 0 atom stereocenters. The van der Waals surface area contributed by atoms with Gasteiger partial charge in [-0.2, -0.15) is 5.10 Å². The lowest BCUT2D eigenvalue weighted by molar-refractivity contribution is 0.768. The summed E-state index contributed by atoms with van der Waals surface area (Å²) in [6.07, 6.45) is 3.65. The van der Waals surface area contributed by atoms with Gasteiger partial charge in [0, 0.05) is 30.4 Å². The molecule has 0 saturated carbocycles. The van der Waals surface area contributed by atoms with Crippen molar-refractivity contribution in [2.45, 2.75) is 0 Å². The smallest absolute Gasteiger partial charge is 0.161 e. The monoisotopic (exact) mass is 270 g/mol. The predicted molar refractivity (Wildman–Crippen MR) is 74.7 cm³/mol. The van der Waals surface area contributed by atoms with Gasteiger partial charge in [0.25, 0.3) is 0 Å². The van der Waals surface area contributed by atoms with Gasteiger partial charge in [-0.3, -0.25) is 4.68 Å². The Hall–Kier alpha value is -2.20. The van der Waals surface area contributed by atoms with Crippen molar-refractivity contribution in [1.29, 1.82) is 0 Å². The maximum absolute atomic E-state index is 6.08. The van der Waals surface area contributed by atoms with Gasteiger partial charge in [0.2, 0.25) is 0 Å². The normalized spacial score (nSPS) is 10.6. The number of benzene rings is 1. The van der Waals surface area contributed by atoms with Crippen molar-refractivity contribution in [1.82, 2.24) is 19.7 Å². The first-order valence-corrected chi connectivity index (χ1v) is 6.19. The molecule has 0 spiro atoms. The molecular weight excluding hydrogens is 260 g/mol. The second-order valence-electron chi connectivity index (χ2n) is 4.17. The molecule has 0 fully saturated rings. The van der Waals surface area contributed by atoms with Crippen molar-refractivity contribution < 1.29 is 0 Å². The van der Waals surface area contributed by atoms with Crippen molar-refractivity contribution in [3.05, 3.63) is 53.9 Å². The molecule has 3 rings (SSSR count). The number of hydrogen-bond donors (Lipinski definition) is 0. The van der Waals surface area contributed by atoms with Crippen molar-refractivity contribution in [3.8, 4) is 22.6 Å². The Balaban J connectivity index is 2.11. The molecule has 0 amide bonds. The second-order valence-corrected chi connectivity index (χ2v) is 4.56. The van der Waals surface area contributed by atoms with E-state index in [1.165, 1.54) is 0 Å². The van der Waals surface area contributed by atoms with Crippen LogP contribution in [0, 0.1) is 0 Å². The van der Waals surface area contributed by atoms with Crippen LogP contribution < -0.4 is 0 Å². The van der Waals surface area contributed by atoms with Crippen LogP contribution in [0.5, 0.6) is 0 Å². The molecule has 0 N–H and O–H groups in total.